The maximum atomic E-state index is 5.83. The highest BCUT2D eigenvalue weighted by Gasteiger charge is 2.13. The molecule has 4 heteroatoms. The molecule has 0 amide bonds. The number of hydrogen-bond donors (Lipinski definition) is 2. The molecule has 1 heterocycles. The van der Waals surface area contributed by atoms with Crippen LogP contribution in [0.25, 0.3) is 0 Å². The van der Waals surface area contributed by atoms with E-state index in [1.165, 1.54) is 10.4 Å². The number of nitrogens with one attached hydrogen (secondary N) is 1. The Morgan fingerprint density at radius 1 is 1.29 bits per heavy atom. The molecule has 0 aliphatic heterocycles. The van der Waals surface area contributed by atoms with E-state index in [0.717, 1.165) is 10.2 Å². The van der Waals surface area contributed by atoms with Crippen molar-refractivity contribution in [3.05, 3.63) is 50.6 Å². The largest absolute Gasteiger partial charge is 0.376 e. The van der Waals surface area contributed by atoms with Crippen molar-refractivity contribution in [2.45, 2.75) is 13.0 Å². The van der Waals surface area contributed by atoms with E-state index in [2.05, 4.69) is 63.9 Å². The molecule has 1 aromatic carbocycles. The van der Waals surface area contributed by atoms with Gasteiger partial charge >= 0.3 is 0 Å². The van der Waals surface area contributed by atoms with E-state index < -0.39 is 0 Å². The molecule has 90 valence electrons. The molecule has 1 unspecified atom stereocenters. The third kappa shape index (κ3) is 3.09. The minimum Gasteiger partial charge on any atom is -0.376 e. The molecule has 2 rings (SSSR count). The van der Waals surface area contributed by atoms with E-state index in [1.807, 2.05) is 0 Å². The third-order valence-corrected chi connectivity index (χ3v) is 4.57. The Hall–Kier alpha value is -0.840. The fraction of sp³-hybridized carbons (Fsp3) is 0.231. The third-order valence-electron chi connectivity index (χ3n) is 2.59. The summed E-state index contributed by atoms with van der Waals surface area (Å²) in [6, 6.07) is 10.6. The number of halogens is 1. The fourth-order valence-electron chi connectivity index (χ4n) is 1.64. The van der Waals surface area contributed by atoms with Crippen molar-refractivity contribution < 1.29 is 0 Å². The van der Waals surface area contributed by atoms with Crippen LogP contribution in [-0.2, 0) is 0 Å². The lowest BCUT2D eigenvalue weighted by molar-refractivity contribution is 0.802. The molecule has 0 radical (unpaired) electrons. The summed E-state index contributed by atoms with van der Waals surface area (Å²) >= 11 is 5.26. The van der Waals surface area contributed by atoms with Gasteiger partial charge in [-0.25, -0.2) is 0 Å². The van der Waals surface area contributed by atoms with Crippen LogP contribution in [0.15, 0.2) is 40.2 Å². The Kier molecular flexibility index (Phi) is 4.20. The lowest BCUT2D eigenvalue weighted by Gasteiger charge is -2.17. The van der Waals surface area contributed by atoms with Crippen LogP contribution in [0, 0.1) is 6.92 Å². The Balaban J connectivity index is 2.16. The van der Waals surface area contributed by atoms with Gasteiger partial charge < -0.3 is 11.1 Å². The molecule has 17 heavy (non-hydrogen) atoms. The molecule has 0 saturated heterocycles. The van der Waals surface area contributed by atoms with Gasteiger partial charge in [0, 0.05) is 21.6 Å². The van der Waals surface area contributed by atoms with Crippen molar-refractivity contribution in [1.82, 2.24) is 0 Å². The molecule has 1 atom stereocenters. The van der Waals surface area contributed by atoms with Crippen molar-refractivity contribution in [3.63, 3.8) is 0 Å². The van der Waals surface area contributed by atoms with Crippen molar-refractivity contribution >= 4 is 33.0 Å². The summed E-state index contributed by atoms with van der Waals surface area (Å²) < 4.78 is 1.12. The number of aryl methyl sites for hydroxylation is 1. The minimum atomic E-state index is 0.159. The zero-order valence-corrected chi connectivity index (χ0v) is 12.0. The van der Waals surface area contributed by atoms with Gasteiger partial charge in [-0.05, 0) is 46.4 Å². The number of nitrogens with two attached hydrogens (primary N) is 1. The van der Waals surface area contributed by atoms with Gasteiger partial charge in [-0.3, -0.25) is 0 Å². The molecular formula is C13H15BrN2S. The summed E-state index contributed by atoms with van der Waals surface area (Å²) in [5.41, 5.74) is 8.20. The first-order valence-electron chi connectivity index (χ1n) is 5.47. The van der Waals surface area contributed by atoms with Crippen LogP contribution >= 0.6 is 27.3 Å². The zero-order valence-electron chi connectivity index (χ0n) is 9.61. The second kappa shape index (κ2) is 5.67. The maximum Gasteiger partial charge on any atom is 0.0739 e. The van der Waals surface area contributed by atoms with Crippen LogP contribution in [0.3, 0.4) is 0 Å². The van der Waals surface area contributed by atoms with Gasteiger partial charge in [-0.2, -0.15) is 0 Å². The Morgan fingerprint density at radius 2 is 2.00 bits per heavy atom. The molecule has 0 fully saturated rings. The van der Waals surface area contributed by atoms with E-state index in [9.17, 15) is 0 Å². The summed E-state index contributed by atoms with van der Waals surface area (Å²) in [7, 11) is 0. The number of thiophene rings is 1. The Bertz CT molecular complexity index is 478. The van der Waals surface area contributed by atoms with E-state index >= 15 is 0 Å². The van der Waals surface area contributed by atoms with Crippen molar-refractivity contribution in [2.75, 3.05) is 11.9 Å². The zero-order chi connectivity index (χ0) is 12.3. The van der Waals surface area contributed by atoms with Gasteiger partial charge in [0.15, 0.2) is 0 Å². The van der Waals surface area contributed by atoms with E-state index in [1.54, 1.807) is 11.3 Å². The quantitative estimate of drug-likeness (QED) is 0.898. The average Bonchev–Trinajstić information content (AvgIpc) is 2.75. The highest BCUT2D eigenvalue weighted by atomic mass is 79.9. The molecule has 2 aromatic rings. The Labute approximate surface area is 114 Å². The summed E-state index contributed by atoms with van der Waals surface area (Å²) in [6.07, 6.45) is 0. The fourth-order valence-corrected chi connectivity index (χ4v) is 3.35. The van der Waals surface area contributed by atoms with Crippen LogP contribution in [-0.4, -0.2) is 6.54 Å². The van der Waals surface area contributed by atoms with Gasteiger partial charge in [0.25, 0.3) is 0 Å². The molecular weight excluding hydrogens is 296 g/mol. The van der Waals surface area contributed by atoms with Crippen molar-refractivity contribution in [1.29, 1.82) is 0 Å². The second-order valence-electron chi connectivity index (χ2n) is 3.93. The van der Waals surface area contributed by atoms with Crippen LogP contribution in [0.2, 0.25) is 0 Å². The van der Waals surface area contributed by atoms with Gasteiger partial charge in [0.05, 0.1) is 6.04 Å². The molecule has 2 nitrogen and oxygen atoms in total. The predicted molar refractivity (Wildman–Crippen MR) is 78.6 cm³/mol. The lowest BCUT2D eigenvalue weighted by atomic mass is 10.2. The standard InChI is InChI=1S/C13H15BrN2S/c1-9-2-4-10(5-3-9)16-12(8-15)13-11(14)6-7-17-13/h2-7,12,16H,8,15H2,1H3. The molecule has 0 spiro atoms. The molecule has 1 aromatic heterocycles. The molecule has 0 bridgehead atoms. The maximum absolute atomic E-state index is 5.83. The topological polar surface area (TPSA) is 38.0 Å². The second-order valence-corrected chi connectivity index (χ2v) is 5.73. The highest BCUT2D eigenvalue weighted by molar-refractivity contribution is 9.10. The summed E-state index contributed by atoms with van der Waals surface area (Å²) in [6.45, 7) is 2.66. The van der Waals surface area contributed by atoms with Gasteiger partial charge in [-0.1, -0.05) is 17.7 Å². The summed E-state index contributed by atoms with van der Waals surface area (Å²) in [5.74, 6) is 0. The van der Waals surface area contributed by atoms with Crippen molar-refractivity contribution in [3.8, 4) is 0 Å². The van der Waals surface area contributed by atoms with Crippen LogP contribution in [0.4, 0.5) is 5.69 Å². The summed E-state index contributed by atoms with van der Waals surface area (Å²) in [4.78, 5) is 1.24. The highest BCUT2D eigenvalue weighted by Crippen LogP contribution is 2.30. The lowest BCUT2D eigenvalue weighted by Crippen LogP contribution is -2.19. The van der Waals surface area contributed by atoms with Crippen molar-refractivity contribution in [2.24, 2.45) is 5.73 Å². The molecule has 0 aliphatic rings. The van der Waals surface area contributed by atoms with Gasteiger partial charge in [0.1, 0.15) is 0 Å². The number of anilines is 1. The predicted octanol–water partition coefficient (Wildman–Crippen LogP) is 3.93. The van der Waals surface area contributed by atoms with Gasteiger partial charge in [0.2, 0.25) is 0 Å². The molecule has 0 aliphatic carbocycles. The SMILES string of the molecule is Cc1ccc(NC(CN)c2sccc2Br)cc1. The smallest absolute Gasteiger partial charge is 0.0739 e. The first kappa shape index (κ1) is 12.6. The average molecular weight is 311 g/mol. The van der Waals surface area contributed by atoms with E-state index in [-0.39, 0.29) is 6.04 Å². The van der Waals surface area contributed by atoms with Crippen LogP contribution in [0.1, 0.15) is 16.5 Å². The van der Waals surface area contributed by atoms with Crippen LogP contribution < -0.4 is 11.1 Å². The number of benzene rings is 1. The summed E-state index contributed by atoms with van der Waals surface area (Å²) in [5, 5.41) is 5.52. The minimum absolute atomic E-state index is 0.159. The number of rotatable bonds is 4. The molecule has 3 N–H and O–H groups in total. The van der Waals surface area contributed by atoms with Gasteiger partial charge in [-0.15, -0.1) is 11.3 Å². The first-order valence-corrected chi connectivity index (χ1v) is 7.14. The first-order chi connectivity index (χ1) is 8.20. The van der Waals surface area contributed by atoms with E-state index in [0.29, 0.717) is 6.54 Å². The van der Waals surface area contributed by atoms with E-state index in [4.69, 9.17) is 5.73 Å². The van der Waals surface area contributed by atoms with Crippen LogP contribution in [0.5, 0.6) is 0 Å². The number of hydrogen-bond acceptors (Lipinski definition) is 3. The normalized spacial score (nSPS) is 12.4. The Morgan fingerprint density at radius 3 is 2.53 bits per heavy atom. The molecule has 0 saturated carbocycles. The monoisotopic (exact) mass is 310 g/mol.